The monoisotopic (exact) mass is 392 g/mol. The van der Waals surface area contributed by atoms with Gasteiger partial charge in [0.15, 0.2) is 0 Å². The highest BCUT2D eigenvalue weighted by Crippen LogP contribution is 2.32. The summed E-state index contributed by atoms with van der Waals surface area (Å²) in [5.74, 6) is -0.709. The van der Waals surface area contributed by atoms with E-state index in [1.165, 1.54) is 6.92 Å². The lowest BCUT2D eigenvalue weighted by molar-refractivity contribution is -0.121. The molecule has 2 amide bonds. The van der Waals surface area contributed by atoms with Gasteiger partial charge in [0.25, 0.3) is 0 Å². The number of hydrogen-bond donors (Lipinski definition) is 3. The first kappa shape index (κ1) is 20.6. The third kappa shape index (κ3) is 6.53. The third-order valence-corrected chi connectivity index (χ3v) is 4.23. The van der Waals surface area contributed by atoms with Crippen molar-refractivity contribution in [1.29, 1.82) is 0 Å². The van der Waals surface area contributed by atoms with Gasteiger partial charge in [0, 0.05) is 5.69 Å². The van der Waals surface area contributed by atoms with Crippen molar-refractivity contribution >= 4 is 25.3 Å². The lowest BCUT2D eigenvalue weighted by Gasteiger charge is -2.27. The van der Waals surface area contributed by atoms with E-state index in [-0.39, 0.29) is 6.61 Å². The summed E-state index contributed by atoms with van der Waals surface area (Å²) in [7, 11) is -4.40. The molecule has 0 saturated carbocycles. The molecule has 144 valence electrons. The second-order valence-corrected chi connectivity index (χ2v) is 7.43. The van der Waals surface area contributed by atoms with Crippen LogP contribution in [-0.4, -0.2) is 34.1 Å². The minimum Gasteiger partial charge on any atom is -0.444 e. The van der Waals surface area contributed by atoms with Gasteiger partial charge in [0.2, 0.25) is 5.91 Å². The van der Waals surface area contributed by atoms with Gasteiger partial charge in [0.1, 0.15) is 18.9 Å². The average Bonchev–Trinajstić information content (AvgIpc) is 2.65. The number of amides is 2. The average molecular weight is 392 g/mol. The highest BCUT2D eigenvalue weighted by molar-refractivity contribution is 7.51. The van der Waals surface area contributed by atoms with E-state index < -0.39 is 31.9 Å². The fraction of sp³-hybridized carbons (Fsp3) is 0.222. The molecule has 0 aliphatic heterocycles. The second kappa shape index (κ2) is 9.32. The molecule has 0 aliphatic rings. The number of hydrogen-bond acceptors (Lipinski definition) is 4. The lowest BCUT2D eigenvalue weighted by atomic mass is 10.2. The largest absolute Gasteiger partial charge is 0.444 e. The van der Waals surface area contributed by atoms with Crippen molar-refractivity contribution in [1.82, 2.24) is 5.32 Å². The summed E-state index contributed by atoms with van der Waals surface area (Å²) in [5, 5.41) is 2.15. The summed E-state index contributed by atoms with van der Waals surface area (Å²) < 4.78 is 16.3. The molecule has 0 bridgehead atoms. The molecule has 8 nitrogen and oxygen atoms in total. The summed E-state index contributed by atoms with van der Waals surface area (Å²) in [6.45, 7) is 1.48. The topological polar surface area (TPSA) is 116 Å². The fourth-order valence-electron chi connectivity index (χ4n) is 2.31. The molecule has 2 rings (SSSR count). The molecule has 0 radical (unpaired) electrons. The van der Waals surface area contributed by atoms with Crippen LogP contribution in [0.25, 0.3) is 0 Å². The predicted octanol–water partition coefficient (Wildman–Crippen LogP) is 2.47. The molecule has 9 heteroatoms. The maximum Gasteiger partial charge on any atom is 0.415 e. The standard InChI is InChI=1S/C18H21N2O6P/c1-14(17(21)19-13-27(23,24)25)20(16-10-6-3-7-11-16)18(22)26-12-15-8-4-2-5-9-15/h2-11,14H,12-13H2,1H3,(H,19,21)(H2,23,24,25)/t14-/m0/s1. The molecule has 0 heterocycles. The van der Waals surface area contributed by atoms with Crippen LogP contribution in [0.3, 0.4) is 0 Å². The molecule has 0 aromatic heterocycles. The van der Waals surface area contributed by atoms with Crippen LogP contribution >= 0.6 is 7.60 Å². The quantitative estimate of drug-likeness (QED) is 0.624. The van der Waals surface area contributed by atoms with E-state index in [2.05, 4.69) is 5.32 Å². The van der Waals surface area contributed by atoms with Crippen LogP contribution in [0.15, 0.2) is 60.7 Å². The van der Waals surface area contributed by atoms with Crippen LogP contribution in [0.5, 0.6) is 0 Å². The maximum atomic E-state index is 12.6. The molecule has 0 aliphatic carbocycles. The molecule has 1 atom stereocenters. The van der Waals surface area contributed by atoms with Gasteiger partial charge >= 0.3 is 13.7 Å². The maximum absolute atomic E-state index is 12.6. The Morgan fingerprint density at radius 2 is 1.63 bits per heavy atom. The Hall–Kier alpha value is -2.67. The molecule has 0 unspecified atom stereocenters. The molecular formula is C18H21N2O6P. The lowest BCUT2D eigenvalue weighted by Crippen LogP contribution is -2.48. The Bertz CT molecular complexity index is 809. The number of rotatable bonds is 7. The van der Waals surface area contributed by atoms with E-state index >= 15 is 0 Å². The molecule has 2 aromatic carbocycles. The summed E-state index contributed by atoms with van der Waals surface area (Å²) in [6, 6.07) is 16.5. The molecule has 3 N–H and O–H groups in total. The number of nitrogens with zero attached hydrogens (tertiary/aromatic N) is 1. The fourth-order valence-corrected chi connectivity index (χ4v) is 2.67. The van der Waals surface area contributed by atoms with Crippen LogP contribution in [0.2, 0.25) is 0 Å². The summed E-state index contributed by atoms with van der Waals surface area (Å²) >= 11 is 0. The van der Waals surface area contributed by atoms with E-state index in [9.17, 15) is 14.2 Å². The number of benzene rings is 2. The zero-order chi connectivity index (χ0) is 19.9. The molecule has 0 spiro atoms. The Kier molecular flexibility index (Phi) is 7.12. The highest BCUT2D eigenvalue weighted by Gasteiger charge is 2.29. The van der Waals surface area contributed by atoms with Crippen molar-refractivity contribution in [3.05, 3.63) is 66.2 Å². The van der Waals surface area contributed by atoms with Gasteiger partial charge in [-0.3, -0.25) is 14.3 Å². The minimum absolute atomic E-state index is 0.0276. The number of ether oxygens (including phenoxy) is 1. The predicted molar refractivity (Wildman–Crippen MR) is 100 cm³/mol. The first-order valence-electron chi connectivity index (χ1n) is 8.15. The Balaban J connectivity index is 2.14. The third-order valence-electron chi connectivity index (χ3n) is 3.66. The van der Waals surface area contributed by atoms with E-state index in [0.29, 0.717) is 5.69 Å². The van der Waals surface area contributed by atoms with Gasteiger partial charge in [-0.05, 0) is 24.6 Å². The SMILES string of the molecule is C[C@@H](C(=O)NCP(=O)(O)O)N(C(=O)OCc1ccccc1)c1ccccc1. The molecule has 27 heavy (non-hydrogen) atoms. The first-order valence-corrected chi connectivity index (χ1v) is 9.95. The van der Waals surface area contributed by atoms with Crippen molar-refractivity contribution in [2.75, 3.05) is 11.2 Å². The number of nitrogens with one attached hydrogen (secondary N) is 1. The van der Waals surface area contributed by atoms with E-state index in [0.717, 1.165) is 10.5 Å². The minimum atomic E-state index is -4.40. The molecule has 0 fully saturated rings. The number of carbonyl (C=O) groups excluding carboxylic acids is 2. The van der Waals surface area contributed by atoms with Gasteiger partial charge in [-0.15, -0.1) is 0 Å². The molecule has 2 aromatic rings. The summed E-state index contributed by atoms with van der Waals surface area (Å²) in [4.78, 5) is 43.9. The Morgan fingerprint density at radius 3 is 2.19 bits per heavy atom. The van der Waals surface area contributed by atoms with Crippen LogP contribution in [0.1, 0.15) is 12.5 Å². The summed E-state index contributed by atoms with van der Waals surface area (Å²) in [6.07, 6.45) is -1.55. The van der Waals surface area contributed by atoms with Gasteiger partial charge in [0.05, 0.1) is 0 Å². The van der Waals surface area contributed by atoms with E-state index in [1.807, 2.05) is 18.2 Å². The molecular weight excluding hydrogens is 371 g/mol. The smallest absolute Gasteiger partial charge is 0.415 e. The normalized spacial score (nSPS) is 12.1. The van der Waals surface area contributed by atoms with Crippen LogP contribution in [0.4, 0.5) is 10.5 Å². The van der Waals surface area contributed by atoms with Gasteiger partial charge < -0.3 is 19.8 Å². The second-order valence-electron chi connectivity index (χ2n) is 5.79. The first-order chi connectivity index (χ1) is 12.8. The van der Waals surface area contributed by atoms with E-state index in [4.69, 9.17) is 14.5 Å². The van der Waals surface area contributed by atoms with Crippen molar-refractivity contribution in [2.24, 2.45) is 0 Å². The van der Waals surface area contributed by atoms with Gasteiger partial charge in [-0.2, -0.15) is 0 Å². The summed E-state index contributed by atoms with van der Waals surface area (Å²) in [5.41, 5.74) is 1.21. The number of carbonyl (C=O) groups is 2. The zero-order valence-corrected chi connectivity index (χ0v) is 15.6. The van der Waals surface area contributed by atoms with Crippen molar-refractivity contribution in [2.45, 2.75) is 19.6 Å². The van der Waals surface area contributed by atoms with Gasteiger partial charge in [-0.1, -0.05) is 48.5 Å². The van der Waals surface area contributed by atoms with Crippen molar-refractivity contribution < 1.29 is 28.7 Å². The highest BCUT2D eigenvalue weighted by atomic mass is 31.2. The Labute approximate surface area is 156 Å². The molecule has 0 saturated heterocycles. The van der Waals surface area contributed by atoms with E-state index in [1.54, 1.807) is 42.5 Å². The van der Waals surface area contributed by atoms with Crippen LogP contribution in [-0.2, 0) is 20.7 Å². The Morgan fingerprint density at radius 1 is 1.07 bits per heavy atom. The number of para-hydroxylation sites is 1. The zero-order valence-electron chi connectivity index (χ0n) is 14.7. The van der Waals surface area contributed by atoms with Crippen LogP contribution in [0, 0.1) is 0 Å². The van der Waals surface area contributed by atoms with Gasteiger partial charge in [-0.25, -0.2) is 4.79 Å². The number of anilines is 1. The van der Waals surface area contributed by atoms with Crippen LogP contribution < -0.4 is 10.2 Å². The van der Waals surface area contributed by atoms with Crippen molar-refractivity contribution in [3.63, 3.8) is 0 Å². The van der Waals surface area contributed by atoms with Crippen molar-refractivity contribution in [3.8, 4) is 0 Å².